The van der Waals surface area contributed by atoms with Gasteiger partial charge < -0.3 is 10.4 Å². The zero-order valence-corrected chi connectivity index (χ0v) is 17.8. The lowest BCUT2D eigenvalue weighted by Gasteiger charge is -2.30. The predicted octanol–water partition coefficient (Wildman–Crippen LogP) is 1.95. The molecule has 1 spiro atoms. The number of amides is 3. The summed E-state index contributed by atoms with van der Waals surface area (Å²) in [7, 11) is 0. The summed E-state index contributed by atoms with van der Waals surface area (Å²) in [5.41, 5.74) is 1.39. The number of nitrogens with zero attached hydrogens (tertiary/aromatic N) is 1. The highest BCUT2D eigenvalue weighted by molar-refractivity contribution is 6.31. The Morgan fingerprint density at radius 3 is 2.58 bits per heavy atom. The van der Waals surface area contributed by atoms with E-state index in [1.165, 1.54) is 4.90 Å². The summed E-state index contributed by atoms with van der Waals surface area (Å²) in [5, 5.41) is 17.0. The minimum absolute atomic E-state index is 0.0231. The molecule has 160 valence electrons. The van der Waals surface area contributed by atoms with Crippen LogP contribution < -0.4 is 10.6 Å². The quantitative estimate of drug-likeness (QED) is 0.635. The van der Waals surface area contributed by atoms with Gasteiger partial charge in [-0.15, -0.1) is 0 Å². The molecule has 0 bridgehead atoms. The van der Waals surface area contributed by atoms with Crippen molar-refractivity contribution in [2.75, 3.05) is 5.32 Å². The van der Waals surface area contributed by atoms with Gasteiger partial charge in [0, 0.05) is 22.3 Å². The van der Waals surface area contributed by atoms with Crippen LogP contribution in [0.2, 0.25) is 5.02 Å². The molecule has 0 saturated carbocycles. The molecule has 8 heteroatoms. The third-order valence-corrected chi connectivity index (χ3v) is 7.16. The Morgan fingerprint density at radius 1 is 1.13 bits per heavy atom. The van der Waals surface area contributed by atoms with Gasteiger partial charge in [-0.25, -0.2) is 0 Å². The van der Waals surface area contributed by atoms with Crippen molar-refractivity contribution in [2.45, 2.75) is 38.1 Å². The number of hydrogen-bond acceptors (Lipinski definition) is 5. The van der Waals surface area contributed by atoms with Crippen LogP contribution in [0.4, 0.5) is 5.69 Å². The highest BCUT2D eigenvalue weighted by Gasteiger charge is 2.71. The fourth-order valence-corrected chi connectivity index (χ4v) is 5.53. The number of halogens is 1. The molecule has 31 heavy (non-hydrogen) atoms. The number of fused-ring (bicyclic) bond motifs is 4. The van der Waals surface area contributed by atoms with E-state index in [4.69, 9.17) is 11.6 Å². The molecule has 7 nitrogen and oxygen atoms in total. The third-order valence-electron chi connectivity index (χ3n) is 6.79. The van der Waals surface area contributed by atoms with Gasteiger partial charge >= 0.3 is 0 Å². The number of likely N-dealkylation sites (tertiary alicyclic amines) is 1. The van der Waals surface area contributed by atoms with Crippen LogP contribution in [0.1, 0.15) is 23.6 Å². The normalized spacial score (nSPS) is 30.0. The van der Waals surface area contributed by atoms with Crippen molar-refractivity contribution in [3.05, 3.63) is 64.2 Å². The summed E-state index contributed by atoms with van der Waals surface area (Å²) in [5.74, 6) is -3.03. The standard InChI is InChI=1S/C23H22ClN3O4/c1-11-6-5-8-14-18(11)25-22(31)23(14)17-16(19(26-23)12(2)28)20(29)27(21(17)30)10-13-7-3-4-9-15(13)24/h3-9,12,16-17,19,26,28H,10H2,1-2H3,(H,25,31)/t12-,16-,17-,19+,23-/m0/s1. The fraction of sp³-hybridized carbons (Fsp3) is 0.348. The Kier molecular flexibility index (Phi) is 4.48. The molecule has 0 radical (unpaired) electrons. The van der Waals surface area contributed by atoms with Gasteiger partial charge in [-0.2, -0.15) is 0 Å². The number of rotatable bonds is 3. The molecule has 5 rings (SSSR count). The van der Waals surface area contributed by atoms with Gasteiger partial charge in [-0.1, -0.05) is 48.0 Å². The summed E-state index contributed by atoms with van der Waals surface area (Å²) in [6.07, 6.45) is -0.939. The molecule has 2 aromatic carbocycles. The summed E-state index contributed by atoms with van der Waals surface area (Å²) < 4.78 is 0. The Labute approximate surface area is 184 Å². The smallest absolute Gasteiger partial charge is 0.250 e. The van der Waals surface area contributed by atoms with Gasteiger partial charge in [-0.05, 0) is 31.0 Å². The Hall–Kier alpha value is -2.74. The number of anilines is 1. The van der Waals surface area contributed by atoms with Crippen molar-refractivity contribution in [1.29, 1.82) is 0 Å². The maximum atomic E-state index is 13.6. The Balaban J connectivity index is 1.63. The van der Waals surface area contributed by atoms with E-state index in [9.17, 15) is 19.5 Å². The van der Waals surface area contributed by atoms with Crippen molar-refractivity contribution in [1.82, 2.24) is 10.2 Å². The van der Waals surface area contributed by atoms with E-state index in [2.05, 4.69) is 10.6 Å². The molecular formula is C23H22ClN3O4. The number of hydrogen-bond donors (Lipinski definition) is 3. The van der Waals surface area contributed by atoms with Crippen molar-refractivity contribution >= 4 is 35.0 Å². The van der Waals surface area contributed by atoms with Crippen molar-refractivity contribution < 1.29 is 19.5 Å². The van der Waals surface area contributed by atoms with E-state index >= 15 is 0 Å². The first-order chi connectivity index (χ1) is 14.8. The van der Waals surface area contributed by atoms with Crippen LogP contribution in [0, 0.1) is 18.8 Å². The largest absolute Gasteiger partial charge is 0.392 e. The van der Waals surface area contributed by atoms with Gasteiger partial charge in [0.2, 0.25) is 17.7 Å². The van der Waals surface area contributed by atoms with Crippen LogP contribution >= 0.6 is 11.6 Å². The lowest BCUT2D eigenvalue weighted by Crippen LogP contribution is -2.54. The van der Waals surface area contributed by atoms with Gasteiger partial charge in [0.05, 0.1) is 24.5 Å². The van der Waals surface area contributed by atoms with Crippen LogP contribution in [-0.2, 0) is 26.5 Å². The van der Waals surface area contributed by atoms with E-state index in [0.717, 1.165) is 5.56 Å². The molecule has 2 fully saturated rings. The minimum atomic E-state index is -1.41. The summed E-state index contributed by atoms with van der Waals surface area (Å²) >= 11 is 6.26. The average molecular weight is 440 g/mol. The SMILES string of the molecule is Cc1cccc2c1NC(=O)[C@]21N[C@H]([C@H](C)O)[C@H]2C(=O)N(Cc3ccccc3Cl)C(=O)[C@H]21. The van der Waals surface area contributed by atoms with Crippen LogP contribution in [0.3, 0.4) is 0 Å². The van der Waals surface area contributed by atoms with E-state index in [0.29, 0.717) is 21.8 Å². The highest BCUT2D eigenvalue weighted by Crippen LogP contribution is 2.54. The van der Waals surface area contributed by atoms with Crippen molar-refractivity contribution in [3.8, 4) is 0 Å². The van der Waals surface area contributed by atoms with Crippen LogP contribution in [0.5, 0.6) is 0 Å². The number of imide groups is 1. The number of carbonyl (C=O) groups excluding carboxylic acids is 3. The Morgan fingerprint density at radius 2 is 1.87 bits per heavy atom. The molecule has 0 aliphatic carbocycles. The third kappa shape index (κ3) is 2.63. The Bertz CT molecular complexity index is 1130. The monoisotopic (exact) mass is 439 g/mol. The van der Waals surface area contributed by atoms with Crippen molar-refractivity contribution in [3.63, 3.8) is 0 Å². The molecule has 2 aromatic rings. The number of carbonyl (C=O) groups is 3. The van der Waals surface area contributed by atoms with Gasteiger partial charge in [-0.3, -0.25) is 24.6 Å². The molecule has 0 unspecified atom stereocenters. The van der Waals surface area contributed by atoms with Crippen molar-refractivity contribution in [2.24, 2.45) is 11.8 Å². The van der Waals surface area contributed by atoms with Gasteiger partial charge in [0.25, 0.3) is 0 Å². The molecule has 2 saturated heterocycles. The van der Waals surface area contributed by atoms with E-state index in [-0.39, 0.29) is 12.5 Å². The lowest BCUT2D eigenvalue weighted by atomic mass is 9.76. The maximum absolute atomic E-state index is 13.6. The van der Waals surface area contributed by atoms with E-state index < -0.39 is 41.3 Å². The summed E-state index contributed by atoms with van der Waals surface area (Å²) in [6, 6.07) is 11.8. The number of nitrogens with one attached hydrogen (secondary N) is 2. The van der Waals surface area contributed by atoms with Gasteiger partial charge in [0.1, 0.15) is 5.54 Å². The minimum Gasteiger partial charge on any atom is -0.392 e. The molecule has 3 aliphatic heterocycles. The number of para-hydroxylation sites is 1. The first-order valence-electron chi connectivity index (χ1n) is 10.2. The summed E-state index contributed by atoms with van der Waals surface area (Å²) in [4.78, 5) is 41.6. The second-order valence-corrected chi connectivity index (χ2v) is 8.94. The number of benzene rings is 2. The molecule has 3 heterocycles. The van der Waals surface area contributed by atoms with E-state index in [1.807, 2.05) is 19.1 Å². The molecule has 3 amide bonds. The first kappa shape index (κ1) is 20.2. The number of aryl methyl sites for hydroxylation is 1. The predicted molar refractivity (Wildman–Crippen MR) is 114 cm³/mol. The zero-order valence-electron chi connectivity index (χ0n) is 17.1. The first-order valence-corrected chi connectivity index (χ1v) is 10.6. The average Bonchev–Trinajstić information content (AvgIpc) is 3.32. The topological polar surface area (TPSA) is 98.7 Å². The summed E-state index contributed by atoms with van der Waals surface area (Å²) in [6.45, 7) is 3.46. The maximum Gasteiger partial charge on any atom is 0.250 e. The molecule has 3 N–H and O–H groups in total. The lowest BCUT2D eigenvalue weighted by molar-refractivity contribution is -0.143. The van der Waals surface area contributed by atoms with Crippen LogP contribution in [-0.4, -0.2) is 39.9 Å². The highest BCUT2D eigenvalue weighted by atomic mass is 35.5. The molecular weight excluding hydrogens is 418 g/mol. The van der Waals surface area contributed by atoms with E-state index in [1.54, 1.807) is 37.3 Å². The zero-order chi connectivity index (χ0) is 22.1. The second kappa shape index (κ2) is 6.88. The second-order valence-electron chi connectivity index (χ2n) is 8.53. The van der Waals surface area contributed by atoms with Gasteiger partial charge in [0.15, 0.2) is 0 Å². The van der Waals surface area contributed by atoms with Crippen LogP contribution in [0.15, 0.2) is 42.5 Å². The number of aliphatic hydroxyl groups excluding tert-OH is 1. The molecule has 5 atom stereocenters. The number of aliphatic hydroxyl groups is 1. The molecule has 3 aliphatic rings. The fourth-order valence-electron chi connectivity index (χ4n) is 5.33. The molecule has 0 aromatic heterocycles. The van der Waals surface area contributed by atoms with Crippen LogP contribution in [0.25, 0.3) is 0 Å².